The molecule has 0 saturated carbocycles. The van der Waals surface area contributed by atoms with Crippen LogP contribution in [-0.4, -0.2) is 44.5 Å². The van der Waals surface area contributed by atoms with Crippen LogP contribution < -0.4 is 22.9 Å². The third-order valence-corrected chi connectivity index (χ3v) is 4.56. The van der Waals surface area contributed by atoms with Crippen molar-refractivity contribution >= 4 is 7.60 Å². The van der Waals surface area contributed by atoms with Gasteiger partial charge in [-0.2, -0.15) is 0 Å². The van der Waals surface area contributed by atoms with Gasteiger partial charge in [0.15, 0.2) is 0 Å². The fraction of sp³-hybridized carbons (Fsp3) is 1.00. The third kappa shape index (κ3) is 6.80. The molecular formula is C10H27N4O3P. The zero-order chi connectivity index (χ0) is 14.0. The highest BCUT2D eigenvalue weighted by molar-refractivity contribution is 7.53. The van der Waals surface area contributed by atoms with Crippen molar-refractivity contribution in [2.45, 2.75) is 32.0 Å². The molecular weight excluding hydrogens is 255 g/mol. The third-order valence-electron chi connectivity index (χ3n) is 2.46. The molecule has 0 aliphatic carbocycles. The highest BCUT2D eigenvalue weighted by Gasteiger charge is 2.30. The highest BCUT2D eigenvalue weighted by atomic mass is 31.2. The molecule has 110 valence electrons. The maximum absolute atomic E-state index is 12.6. The Morgan fingerprint density at radius 2 is 1.33 bits per heavy atom. The standard InChI is InChI=1S/C10H27N4O3P/c1-2-3-4-18(15,16-9(5-11)6-12)17-10(7-13)8-14/h9-10H,2-8,11-14H2,1H3. The number of hydrogen-bond donors (Lipinski definition) is 4. The average Bonchev–Trinajstić information content (AvgIpc) is 2.40. The second-order valence-corrected chi connectivity index (χ2v) is 6.18. The lowest BCUT2D eigenvalue weighted by molar-refractivity contribution is 0.124. The second kappa shape index (κ2) is 9.86. The lowest BCUT2D eigenvalue weighted by Crippen LogP contribution is -2.34. The van der Waals surface area contributed by atoms with Gasteiger partial charge in [0.25, 0.3) is 0 Å². The zero-order valence-electron chi connectivity index (χ0n) is 11.1. The minimum absolute atomic E-state index is 0.200. The van der Waals surface area contributed by atoms with Crippen LogP contribution in [-0.2, 0) is 13.6 Å². The summed E-state index contributed by atoms with van der Waals surface area (Å²) >= 11 is 0. The molecule has 0 unspecified atom stereocenters. The summed E-state index contributed by atoms with van der Waals surface area (Å²) in [7, 11) is -3.23. The molecule has 0 aromatic rings. The molecule has 8 N–H and O–H groups in total. The number of nitrogens with two attached hydrogens (primary N) is 4. The van der Waals surface area contributed by atoms with Crippen molar-refractivity contribution in [3.05, 3.63) is 0 Å². The molecule has 7 nitrogen and oxygen atoms in total. The van der Waals surface area contributed by atoms with Crippen LogP contribution in [0.3, 0.4) is 0 Å². The van der Waals surface area contributed by atoms with Crippen molar-refractivity contribution in [3.8, 4) is 0 Å². The van der Waals surface area contributed by atoms with Gasteiger partial charge in [-0.3, -0.25) is 4.57 Å². The first-order valence-electron chi connectivity index (χ1n) is 6.31. The summed E-state index contributed by atoms with van der Waals surface area (Å²) in [4.78, 5) is 0. The normalized spacial score (nSPS) is 12.6. The first kappa shape index (κ1) is 18.0. The van der Waals surface area contributed by atoms with Crippen molar-refractivity contribution in [1.82, 2.24) is 0 Å². The van der Waals surface area contributed by atoms with Gasteiger partial charge in [0.2, 0.25) is 0 Å². The molecule has 0 rings (SSSR count). The van der Waals surface area contributed by atoms with E-state index in [4.69, 9.17) is 32.0 Å². The largest absolute Gasteiger partial charge is 0.331 e. The molecule has 0 heterocycles. The van der Waals surface area contributed by atoms with Gasteiger partial charge < -0.3 is 32.0 Å². The minimum atomic E-state index is -3.23. The summed E-state index contributed by atoms with van der Waals surface area (Å²) in [5.74, 6) is 0. The second-order valence-electron chi connectivity index (χ2n) is 4.09. The van der Waals surface area contributed by atoms with Gasteiger partial charge >= 0.3 is 7.60 Å². The quantitative estimate of drug-likeness (QED) is 0.377. The molecule has 0 aromatic heterocycles. The molecule has 0 fully saturated rings. The Bertz CT molecular complexity index is 229. The number of rotatable bonds is 11. The Morgan fingerprint density at radius 3 is 1.61 bits per heavy atom. The van der Waals surface area contributed by atoms with Crippen LogP contribution >= 0.6 is 7.60 Å². The van der Waals surface area contributed by atoms with E-state index in [-0.39, 0.29) is 26.2 Å². The van der Waals surface area contributed by atoms with Crippen molar-refractivity contribution in [3.63, 3.8) is 0 Å². The zero-order valence-corrected chi connectivity index (χ0v) is 12.0. The van der Waals surface area contributed by atoms with Crippen molar-refractivity contribution in [2.75, 3.05) is 32.3 Å². The van der Waals surface area contributed by atoms with Gasteiger partial charge in [-0.15, -0.1) is 0 Å². The molecule has 0 amide bonds. The maximum atomic E-state index is 12.6. The molecule has 0 bridgehead atoms. The Labute approximate surface area is 109 Å². The summed E-state index contributed by atoms with van der Waals surface area (Å²) in [6.07, 6.45) is 1.02. The average molecular weight is 282 g/mol. The number of hydrogen-bond acceptors (Lipinski definition) is 7. The minimum Gasteiger partial charge on any atom is -0.328 e. The number of unbranched alkanes of at least 4 members (excludes halogenated alkanes) is 1. The van der Waals surface area contributed by atoms with E-state index in [1.165, 1.54) is 0 Å². The SMILES string of the molecule is CCCCP(=O)(OC(CN)CN)OC(CN)CN. The van der Waals surface area contributed by atoms with Crippen LogP contribution in [0.4, 0.5) is 0 Å². The predicted molar refractivity (Wildman–Crippen MR) is 73.3 cm³/mol. The van der Waals surface area contributed by atoms with Crippen LogP contribution in [0.25, 0.3) is 0 Å². The molecule has 0 atom stereocenters. The van der Waals surface area contributed by atoms with E-state index in [2.05, 4.69) is 0 Å². The summed E-state index contributed by atoms with van der Waals surface area (Å²) < 4.78 is 23.5. The van der Waals surface area contributed by atoms with Crippen molar-refractivity contribution in [1.29, 1.82) is 0 Å². The Hall–Kier alpha value is -0.0100. The summed E-state index contributed by atoms with van der Waals surface area (Å²) in [6, 6.07) is 0. The van der Waals surface area contributed by atoms with E-state index in [1.54, 1.807) is 0 Å². The molecule has 0 radical (unpaired) electrons. The van der Waals surface area contributed by atoms with E-state index < -0.39 is 19.8 Å². The lowest BCUT2D eigenvalue weighted by Gasteiger charge is -2.26. The fourth-order valence-electron chi connectivity index (χ4n) is 1.30. The van der Waals surface area contributed by atoms with Crippen molar-refractivity contribution < 1.29 is 13.6 Å². The van der Waals surface area contributed by atoms with Gasteiger partial charge in [0.05, 0.1) is 18.4 Å². The lowest BCUT2D eigenvalue weighted by atomic mass is 10.4. The van der Waals surface area contributed by atoms with E-state index in [9.17, 15) is 4.57 Å². The molecule has 0 aromatic carbocycles. The topological polar surface area (TPSA) is 140 Å². The van der Waals surface area contributed by atoms with Gasteiger partial charge in [-0.05, 0) is 6.42 Å². The van der Waals surface area contributed by atoms with Gasteiger partial charge in [-0.25, -0.2) is 0 Å². The monoisotopic (exact) mass is 282 g/mol. The molecule has 0 saturated heterocycles. The molecule has 8 heteroatoms. The first-order valence-corrected chi connectivity index (χ1v) is 8.04. The Balaban J connectivity index is 4.64. The predicted octanol–water partition coefficient (Wildman–Crippen LogP) is -0.415. The van der Waals surface area contributed by atoms with Gasteiger partial charge in [-0.1, -0.05) is 13.3 Å². The van der Waals surface area contributed by atoms with Crippen molar-refractivity contribution in [2.24, 2.45) is 22.9 Å². The highest BCUT2D eigenvalue weighted by Crippen LogP contribution is 2.50. The molecule has 0 aliphatic heterocycles. The molecule has 18 heavy (non-hydrogen) atoms. The first-order chi connectivity index (χ1) is 8.55. The van der Waals surface area contributed by atoms with Crippen LogP contribution in [0.5, 0.6) is 0 Å². The van der Waals surface area contributed by atoms with Crippen LogP contribution in [0.1, 0.15) is 19.8 Å². The van der Waals surface area contributed by atoms with Gasteiger partial charge in [0, 0.05) is 26.2 Å². The summed E-state index contributed by atoms with van der Waals surface area (Å²) in [5, 5.41) is 0. The van der Waals surface area contributed by atoms with Crippen LogP contribution in [0.15, 0.2) is 0 Å². The van der Waals surface area contributed by atoms with Gasteiger partial charge in [0.1, 0.15) is 0 Å². The summed E-state index contributed by atoms with van der Waals surface area (Å²) in [6.45, 7) is 2.80. The van der Waals surface area contributed by atoms with E-state index in [1.807, 2.05) is 6.92 Å². The Kier molecular flexibility index (Phi) is 9.85. The van der Waals surface area contributed by atoms with Crippen LogP contribution in [0.2, 0.25) is 0 Å². The fourth-order valence-corrected chi connectivity index (χ4v) is 3.52. The summed E-state index contributed by atoms with van der Waals surface area (Å²) in [5.41, 5.74) is 21.9. The smallest absolute Gasteiger partial charge is 0.328 e. The molecule has 0 aliphatic rings. The van der Waals surface area contributed by atoms with Crippen LogP contribution in [0, 0.1) is 0 Å². The molecule has 0 spiro atoms. The maximum Gasteiger partial charge on any atom is 0.331 e. The van der Waals surface area contributed by atoms with E-state index in [0.29, 0.717) is 6.16 Å². The van der Waals surface area contributed by atoms with E-state index in [0.717, 1.165) is 12.8 Å². The Morgan fingerprint density at radius 1 is 0.944 bits per heavy atom. The van der Waals surface area contributed by atoms with E-state index >= 15 is 0 Å².